The maximum absolute atomic E-state index is 13.4. The van der Waals surface area contributed by atoms with Crippen LogP contribution in [0.3, 0.4) is 0 Å². The van der Waals surface area contributed by atoms with Gasteiger partial charge in [-0.3, -0.25) is 9.78 Å². The molecule has 0 aliphatic heterocycles. The van der Waals surface area contributed by atoms with Gasteiger partial charge in [0.1, 0.15) is 11.3 Å². The molecule has 5 rings (SSSR count). The van der Waals surface area contributed by atoms with Crippen LogP contribution in [0.1, 0.15) is 11.3 Å². The van der Waals surface area contributed by atoms with Crippen molar-refractivity contribution < 1.29 is 4.39 Å². The number of benzene rings is 1. The molecule has 9 heteroatoms. The minimum atomic E-state index is -0.433. The number of aromatic nitrogens is 7. The van der Waals surface area contributed by atoms with E-state index >= 15 is 0 Å². The van der Waals surface area contributed by atoms with Crippen molar-refractivity contribution in [2.24, 2.45) is 0 Å². The van der Waals surface area contributed by atoms with Crippen LogP contribution in [0.2, 0.25) is 5.02 Å². The fraction of sp³-hybridized carbons (Fsp3) is 0.100. The lowest BCUT2D eigenvalue weighted by Gasteiger charge is -2.03. The zero-order valence-electron chi connectivity index (χ0n) is 15.3. The number of aryl methyl sites for hydroxylation is 1. The first kappa shape index (κ1) is 17.6. The Morgan fingerprint density at radius 2 is 2.07 bits per heavy atom. The number of fused-ring (bicyclic) bond motifs is 1. The number of aromatic amines is 2. The van der Waals surface area contributed by atoms with Crippen LogP contribution >= 0.6 is 11.6 Å². The summed E-state index contributed by atoms with van der Waals surface area (Å²) in [6.45, 7) is 2.42. The molecule has 0 aliphatic carbocycles. The van der Waals surface area contributed by atoms with Crippen LogP contribution in [0, 0.1) is 12.7 Å². The second kappa shape index (κ2) is 6.82. The van der Waals surface area contributed by atoms with E-state index in [0.717, 1.165) is 39.2 Å². The lowest BCUT2D eigenvalue weighted by molar-refractivity contribution is 0.625. The fourth-order valence-electron chi connectivity index (χ4n) is 3.26. The molecule has 0 aliphatic rings. The van der Waals surface area contributed by atoms with E-state index in [1.54, 1.807) is 35.4 Å². The van der Waals surface area contributed by atoms with E-state index in [0.29, 0.717) is 12.2 Å². The van der Waals surface area contributed by atoms with Gasteiger partial charge in [0.05, 0.1) is 35.9 Å². The van der Waals surface area contributed by atoms with Crippen molar-refractivity contribution in [1.29, 1.82) is 0 Å². The first-order valence-corrected chi connectivity index (χ1v) is 9.27. The Morgan fingerprint density at radius 1 is 1.17 bits per heavy atom. The van der Waals surface area contributed by atoms with Crippen LogP contribution in [-0.2, 0) is 6.54 Å². The first-order valence-electron chi connectivity index (χ1n) is 8.90. The number of H-pyrrole nitrogens is 2. The Hall–Kier alpha value is -3.52. The molecule has 0 bridgehead atoms. The molecule has 0 saturated heterocycles. The second-order valence-electron chi connectivity index (χ2n) is 6.74. The Labute approximate surface area is 169 Å². The topological polar surface area (TPSA) is 88.1 Å². The molecule has 0 radical (unpaired) electrons. The minimum absolute atomic E-state index is 0.101. The molecule has 7 nitrogen and oxygen atoms in total. The summed E-state index contributed by atoms with van der Waals surface area (Å²) in [4.78, 5) is 12.4. The van der Waals surface area contributed by atoms with E-state index in [-0.39, 0.29) is 5.02 Å². The van der Waals surface area contributed by atoms with Gasteiger partial charge in [-0.2, -0.15) is 10.2 Å². The van der Waals surface area contributed by atoms with Gasteiger partial charge in [-0.1, -0.05) is 17.7 Å². The average Bonchev–Trinajstić information content (AvgIpc) is 3.43. The van der Waals surface area contributed by atoms with Crippen LogP contribution in [0.25, 0.3) is 33.5 Å². The van der Waals surface area contributed by atoms with Crippen molar-refractivity contribution in [1.82, 2.24) is 34.9 Å². The summed E-state index contributed by atoms with van der Waals surface area (Å²) in [7, 11) is 0. The molecule has 5 aromatic rings. The highest BCUT2D eigenvalue weighted by atomic mass is 35.5. The summed E-state index contributed by atoms with van der Waals surface area (Å²) in [6, 6.07) is 4.66. The van der Waals surface area contributed by atoms with E-state index < -0.39 is 5.82 Å². The molecule has 1 aromatic carbocycles. The van der Waals surface area contributed by atoms with Gasteiger partial charge in [0, 0.05) is 34.8 Å². The fourth-order valence-corrected chi connectivity index (χ4v) is 3.47. The molecule has 0 saturated carbocycles. The van der Waals surface area contributed by atoms with E-state index in [2.05, 4.69) is 25.3 Å². The summed E-state index contributed by atoms with van der Waals surface area (Å²) in [5.74, 6) is -0.433. The summed E-state index contributed by atoms with van der Waals surface area (Å²) in [6.07, 6.45) is 9.01. The van der Waals surface area contributed by atoms with Gasteiger partial charge in [-0.05, 0) is 24.6 Å². The normalized spacial score (nSPS) is 11.4. The molecule has 4 heterocycles. The predicted octanol–water partition coefficient (Wildman–Crippen LogP) is 4.36. The maximum atomic E-state index is 13.4. The van der Waals surface area contributed by atoms with Crippen molar-refractivity contribution in [2.75, 3.05) is 0 Å². The standard InChI is InChI=1S/C20H15ClFN7/c1-11-14(7-25-28-11)18-8-24-20-19(27-18)15(6-23-20)13-5-26-29(10-13)9-12-2-3-17(22)16(21)4-12/h2-8,10H,9H2,1H3,(H,23,24)(H,25,28). The van der Waals surface area contributed by atoms with Crippen LogP contribution in [0.4, 0.5) is 4.39 Å². The average molecular weight is 408 g/mol. The molecule has 29 heavy (non-hydrogen) atoms. The number of rotatable bonds is 4. The van der Waals surface area contributed by atoms with E-state index in [9.17, 15) is 4.39 Å². The Kier molecular flexibility index (Phi) is 4.13. The molecule has 0 amide bonds. The van der Waals surface area contributed by atoms with Gasteiger partial charge in [0.25, 0.3) is 0 Å². The summed E-state index contributed by atoms with van der Waals surface area (Å²) < 4.78 is 15.1. The lowest BCUT2D eigenvalue weighted by atomic mass is 10.1. The van der Waals surface area contributed by atoms with Crippen LogP contribution < -0.4 is 0 Å². The molecule has 144 valence electrons. The zero-order valence-corrected chi connectivity index (χ0v) is 16.1. The molecule has 0 fully saturated rings. The van der Waals surface area contributed by atoms with Gasteiger partial charge < -0.3 is 4.98 Å². The number of halogens is 2. The minimum Gasteiger partial charge on any atom is -0.344 e. The Bertz CT molecular complexity index is 1330. The van der Waals surface area contributed by atoms with Crippen molar-refractivity contribution in [3.63, 3.8) is 0 Å². The summed E-state index contributed by atoms with van der Waals surface area (Å²) >= 11 is 5.87. The molecule has 0 atom stereocenters. The van der Waals surface area contributed by atoms with Crippen LogP contribution in [0.15, 0.2) is 49.2 Å². The first-order chi connectivity index (χ1) is 14.1. The third-order valence-electron chi connectivity index (χ3n) is 4.76. The van der Waals surface area contributed by atoms with Gasteiger partial charge in [-0.15, -0.1) is 0 Å². The molecule has 4 aromatic heterocycles. The monoisotopic (exact) mass is 407 g/mol. The maximum Gasteiger partial charge on any atom is 0.156 e. The number of hydrogen-bond acceptors (Lipinski definition) is 4. The van der Waals surface area contributed by atoms with E-state index in [4.69, 9.17) is 16.6 Å². The second-order valence-corrected chi connectivity index (χ2v) is 7.15. The highest BCUT2D eigenvalue weighted by Gasteiger charge is 2.14. The third-order valence-corrected chi connectivity index (χ3v) is 5.05. The zero-order chi connectivity index (χ0) is 20.0. The quantitative estimate of drug-likeness (QED) is 0.463. The highest BCUT2D eigenvalue weighted by Crippen LogP contribution is 2.29. The Morgan fingerprint density at radius 3 is 2.86 bits per heavy atom. The molecule has 0 spiro atoms. The van der Waals surface area contributed by atoms with Crippen molar-refractivity contribution in [3.8, 4) is 22.4 Å². The number of nitrogens with one attached hydrogen (secondary N) is 2. The van der Waals surface area contributed by atoms with Gasteiger partial charge in [0.15, 0.2) is 5.65 Å². The molecular weight excluding hydrogens is 393 g/mol. The number of nitrogens with zero attached hydrogens (tertiary/aromatic N) is 5. The largest absolute Gasteiger partial charge is 0.344 e. The summed E-state index contributed by atoms with van der Waals surface area (Å²) in [5.41, 5.74) is 6.71. The number of hydrogen-bond donors (Lipinski definition) is 2. The molecule has 2 N–H and O–H groups in total. The Balaban J connectivity index is 1.49. The van der Waals surface area contributed by atoms with E-state index in [1.165, 1.54) is 6.07 Å². The lowest BCUT2D eigenvalue weighted by Crippen LogP contribution is -2.00. The highest BCUT2D eigenvalue weighted by molar-refractivity contribution is 6.30. The molecular formula is C20H15ClFN7. The van der Waals surface area contributed by atoms with Crippen LogP contribution in [0.5, 0.6) is 0 Å². The smallest absolute Gasteiger partial charge is 0.156 e. The predicted molar refractivity (Wildman–Crippen MR) is 108 cm³/mol. The van der Waals surface area contributed by atoms with Crippen molar-refractivity contribution >= 4 is 22.8 Å². The van der Waals surface area contributed by atoms with Gasteiger partial charge in [-0.25, -0.2) is 14.4 Å². The molecule has 0 unspecified atom stereocenters. The van der Waals surface area contributed by atoms with Gasteiger partial charge in [0.2, 0.25) is 0 Å². The van der Waals surface area contributed by atoms with Crippen molar-refractivity contribution in [2.45, 2.75) is 13.5 Å². The van der Waals surface area contributed by atoms with Crippen LogP contribution in [-0.4, -0.2) is 34.9 Å². The van der Waals surface area contributed by atoms with E-state index in [1.807, 2.05) is 19.3 Å². The van der Waals surface area contributed by atoms with Crippen molar-refractivity contribution in [3.05, 3.63) is 71.3 Å². The third kappa shape index (κ3) is 3.17. The SMILES string of the molecule is Cc1[nH]ncc1-c1cnc2[nH]cc(-c3cnn(Cc4ccc(F)c(Cl)c4)c3)c2n1. The van der Waals surface area contributed by atoms with Gasteiger partial charge >= 0.3 is 0 Å². The summed E-state index contributed by atoms with van der Waals surface area (Å²) in [5, 5.41) is 11.5.